The Bertz CT molecular complexity index is 1610. The van der Waals surface area contributed by atoms with E-state index in [9.17, 15) is 20.0 Å². The summed E-state index contributed by atoms with van der Waals surface area (Å²) in [5.41, 5.74) is 1.69. The Morgan fingerprint density at radius 1 is 1.08 bits per heavy atom. The largest absolute Gasteiger partial charge is 0.503 e. The first-order valence-electron chi connectivity index (χ1n) is 12.0. The molecule has 190 valence electrons. The fourth-order valence-corrected chi connectivity index (χ4v) is 4.56. The number of carbonyl (C=O) groups excluding carboxylic acids is 2. The smallest absolute Gasteiger partial charge is 0.294 e. The zero-order chi connectivity index (χ0) is 27.0. The van der Waals surface area contributed by atoms with E-state index >= 15 is 0 Å². The van der Waals surface area contributed by atoms with Crippen LogP contribution in [0.1, 0.15) is 41.6 Å². The van der Waals surface area contributed by atoms with E-state index in [1.54, 1.807) is 72.8 Å². The maximum absolute atomic E-state index is 13.8. The van der Waals surface area contributed by atoms with Crippen LogP contribution < -0.4 is 14.4 Å². The number of hydrogen-bond acceptors (Lipinski definition) is 7. The van der Waals surface area contributed by atoms with Gasteiger partial charge in [-0.1, -0.05) is 24.3 Å². The molecule has 1 aromatic heterocycles. The molecule has 1 N–H and O–H groups in total. The van der Waals surface area contributed by atoms with Gasteiger partial charge >= 0.3 is 0 Å². The van der Waals surface area contributed by atoms with Crippen molar-refractivity contribution >= 4 is 28.3 Å². The van der Waals surface area contributed by atoms with Crippen molar-refractivity contribution < 1.29 is 28.6 Å². The molecule has 1 amide bonds. The van der Waals surface area contributed by atoms with Gasteiger partial charge in [-0.15, -0.1) is 0 Å². The number of Topliss-reactive ketones (excluding diaryl/α,β-unsaturated/α-hetero) is 1. The van der Waals surface area contributed by atoms with E-state index in [4.69, 9.17) is 13.9 Å². The first-order chi connectivity index (χ1) is 18.3. The van der Waals surface area contributed by atoms with E-state index in [0.29, 0.717) is 39.3 Å². The van der Waals surface area contributed by atoms with Crippen LogP contribution in [0, 0.1) is 11.3 Å². The lowest BCUT2D eigenvalue weighted by atomic mass is 9.94. The Labute approximate surface area is 218 Å². The predicted molar refractivity (Wildman–Crippen MR) is 140 cm³/mol. The first-order valence-corrected chi connectivity index (χ1v) is 12.0. The fourth-order valence-electron chi connectivity index (χ4n) is 4.56. The van der Waals surface area contributed by atoms with Gasteiger partial charge in [0.25, 0.3) is 5.91 Å². The molecule has 2 heterocycles. The number of para-hydroxylation sites is 1. The van der Waals surface area contributed by atoms with Crippen LogP contribution >= 0.6 is 0 Å². The fraction of sp³-hybridized carbons (Fsp3) is 0.167. The quantitative estimate of drug-likeness (QED) is 0.310. The standard InChI is InChI=1S/C30H24N2O6/c1-17(2)37-22-13-9-19(10-14-22)26-25(27(33)24-15-20-5-4-6-23(36-3)29(20)38-24)28(34)30(35)32(26)21-11-7-18(16-31)8-12-21/h4-15,17,26,34H,1-3H3. The van der Waals surface area contributed by atoms with Crippen LogP contribution in [0.2, 0.25) is 0 Å². The lowest BCUT2D eigenvalue weighted by Crippen LogP contribution is -2.31. The average Bonchev–Trinajstić information content (AvgIpc) is 3.47. The molecular formula is C30H24N2O6. The molecule has 0 saturated carbocycles. The van der Waals surface area contributed by atoms with E-state index in [1.165, 1.54) is 12.0 Å². The summed E-state index contributed by atoms with van der Waals surface area (Å²) in [6.45, 7) is 3.83. The molecule has 0 bridgehead atoms. The van der Waals surface area contributed by atoms with Gasteiger partial charge in [0.2, 0.25) is 5.78 Å². The number of nitrogens with zero attached hydrogens (tertiary/aromatic N) is 2. The number of nitriles is 1. The number of fused-ring (bicyclic) bond motifs is 1. The number of carbonyl (C=O) groups is 2. The maximum Gasteiger partial charge on any atom is 0.294 e. The van der Waals surface area contributed by atoms with Crippen LogP contribution in [-0.2, 0) is 4.79 Å². The number of furan rings is 1. The highest BCUT2D eigenvalue weighted by atomic mass is 16.5. The van der Waals surface area contributed by atoms with Crippen LogP contribution in [0.4, 0.5) is 5.69 Å². The third kappa shape index (κ3) is 4.24. The molecule has 0 spiro atoms. The van der Waals surface area contributed by atoms with Crippen molar-refractivity contribution in [1.29, 1.82) is 5.26 Å². The molecular weight excluding hydrogens is 484 g/mol. The Balaban J connectivity index is 1.62. The van der Waals surface area contributed by atoms with Crippen molar-refractivity contribution in [2.45, 2.75) is 26.0 Å². The van der Waals surface area contributed by atoms with Gasteiger partial charge in [0.05, 0.1) is 36.5 Å². The molecule has 1 aliphatic rings. The summed E-state index contributed by atoms with van der Waals surface area (Å²) in [7, 11) is 1.50. The van der Waals surface area contributed by atoms with Crippen molar-refractivity contribution in [1.82, 2.24) is 0 Å². The summed E-state index contributed by atoms with van der Waals surface area (Å²) in [5, 5.41) is 20.9. The lowest BCUT2D eigenvalue weighted by molar-refractivity contribution is -0.117. The van der Waals surface area contributed by atoms with Gasteiger partial charge in [-0.2, -0.15) is 5.26 Å². The van der Waals surface area contributed by atoms with Gasteiger partial charge < -0.3 is 19.0 Å². The number of methoxy groups -OCH3 is 1. The van der Waals surface area contributed by atoms with Crippen molar-refractivity contribution in [3.63, 3.8) is 0 Å². The summed E-state index contributed by atoms with van der Waals surface area (Å²) in [5.74, 6) is -0.983. The van der Waals surface area contributed by atoms with E-state index in [1.807, 2.05) is 19.9 Å². The van der Waals surface area contributed by atoms with Gasteiger partial charge in [-0.3, -0.25) is 14.5 Å². The first kappa shape index (κ1) is 24.7. The van der Waals surface area contributed by atoms with Crippen LogP contribution in [-0.4, -0.2) is 30.0 Å². The van der Waals surface area contributed by atoms with Gasteiger partial charge in [0.1, 0.15) is 5.75 Å². The van der Waals surface area contributed by atoms with Gasteiger partial charge in [-0.05, 0) is 67.9 Å². The highest BCUT2D eigenvalue weighted by Gasteiger charge is 2.45. The van der Waals surface area contributed by atoms with Gasteiger partial charge in [-0.25, -0.2) is 0 Å². The number of anilines is 1. The SMILES string of the molecule is COc1cccc2cc(C(=O)C3=C(O)C(=O)N(c4ccc(C#N)cc4)C3c3ccc(OC(C)C)cc3)oc12. The number of benzene rings is 3. The third-order valence-electron chi connectivity index (χ3n) is 6.25. The second-order valence-electron chi connectivity index (χ2n) is 9.05. The summed E-state index contributed by atoms with van der Waals surface area (Å²) < 4.78 is 16.9. The summed E-state index contributed by atoms with van der Waals surface area (Å²) in [4.78, 5) is 28.6. The topological polar surface area (TPSA) is 113 Å². The van der Waals surface area contributed by atoms with Crippen molar-refractivity contribution in [3.05, 3.63) is 101 Å². The third-order valence-corrected chi connectivity index (χ3v) is 6.25. The molecule has 8 heteroatoms. The number of ketones is 1. The average molecular weight is 509 g/mol. The monoisotopic (exact) mass is 508 g/mol. The molecule has 5 rings (SSSR count). The van der Waals surface area contributed by atoms with Crippen molar-refractivity contribution in [3.8, 4) is 17.6 Å². The highest BCUT2D eigenvalue weighted by molar-refractivity contribution is 6.20. The molecule has 8 nitrogen and oxygen atoms in total. The molecule has 0 saturated heterocycles. The van der Waals surface area contributed by atoms with E-state index < -0.39 is 23.5 Å². The summed E-state index contributed by atoms with van der Waals surface area (Å²) >= 11 is 0. The van der Waals surface area contributed by atoms with Crippen LogP contribution in [0.3, 0.4) is 0 Å². The number of rotatable bonds is 7. The zero-order valence-electron chi connectivity index (χ0n) is 21.0. The number of aliphatic hydroxyl groups excluding tert-OH is 1. The predicted octanol–water partition coefficient (Wildman–Crippen LogP) is 5.88. The molecule has 3 aromatic carbocycles. The molecule has 0 aliphatic carbocycles. The second-order valence-corrected chi connectivity index (χ2v) is 9.05. The maximum atomic E-state index is 13.8. The van der Waals surface area contributed by atoms with Gasteiger partial charge in [0, 0.05) is 11.1 Å². The summed E-state index contributed by atoms with van der Waals surface area (Å²) in [6, 6.07) is 21.3. The second kappa shape index (κ2) is 9.79. The van der Waals surface area contributed by atoms with Crippen LogP contribution in [0.5, 0.6) is 11.5 Å². The van der Waals surface area contributed by atoms with Crippen LogP contribution in [0.25, 0.3) is 11.0 Å². The molecule has 0 radical (unpaired) electrons. The number of amides is 1. The molecule has 1 aliphatic heterocycles. The Kier molecular flexibility index (Phi) is 6.35. The Morgan fingerprint density at radius 3 is 2.42 bits per heavy atom. The van der Waals surface area contributed by atoms with Crippen LogP contribution in [0.15, 0.2) is 88.5 Å². The van der Waals surface area contributed by atoms with E-state index in [-0.39, 0.29) is 17.4 Å². The van der Waals surface area contributed by atoms with Gasteiger partial charge in [0.15, 0.2) is 22.9 Å². The minimum atomic E-state index is -0.953. The molecule has 0 fully saturated rings. The molecule has 4 aromatic rings. The van der Waals surface area contributed by atoms with Crippen molar-refractivity contribution in [2.75, 3.05) is 12.0 Å². The zero-order valence-corrected chi connectivity index (χ0v) is 21.0. The number of ether oxygens (including phenoxy) is 2. The Hall–Kier alpha value is -5.03. The molecule has 1 atom stereocenters. The highest BCUT2D eigenvalue weighted by Crippen LogP contribution is 2.43. The summed E-state index contributed by atoms with van der Waals surface area (Å²) in [6.07, 6.45) is -0.0322. The lowest BCUT2D eigenvalue weighted by Gasteiger charge is -2.27. The molecule has 38 heavy (non-hydrogen) atoms. The Morgan fingerprint density at radius 2 is 1.79 bits per heavy atom. The normalized spacial score (nSPS) is 15.3. The molecule has 1 unspecified atom stereocenters. The minimum absolute atomic E-state index is 0.0322. The number of aliphatic hydroxyl groups is 1. The van der Waals surface area contributed by atoms with Crippen molar-refractivity contribution in [2.24, 2.45) is 0 Å². The number of hydrogen-bond donors (Lipinski definition) is 1. The van der Waals surface area contributed by atoms with E-state index in [0.717, 1.165) is 0 Å². The minimum Gasteiger partial charge on any atom is -0.503 e. The van der Waals surface area contributed by atoms with E-state index in [2.05, 4.69) is 0 Å².